The number of nitrogens with zero attached hydrogens (tertiary/aromatic N) is 1. The number of rotatable bonds is 3. The molecule has 2 amide bonds. The summed E-state index contributed by atoms with van der Waals surface area (Å²) in [5.41, 5.74) is 0. The zero-order valence-electron chi connectivity index (χ0n) is 10.0. The van der Waals surface area contributed by atoms with Crippen molar-refractivity contribution >= 4 is 12.0 Å². The molecule has 2 rings (SSSR count). The average Bonchev–Trinajstić information content (AvgIpc) is 2.62. The Morgan fingerprint density at radius 3 is 2.65 bits per heavy atom. The maximum Gasteiger partial charge on any atom is 0.405 e. The van der Waals surface area contributed by atoms with Gasteiger partial charge in [-0.1, -0.05) is 19.3 Å². The molecule has 0 aromatic heterocycles. The van der Waals surface area contributed by atoms with Crippen molar-refractivity contribution < 1.29 is 14.7 Å². The SMILES string of the molecule is O=C(O)N[C@@H]1CCN(CC2CCCCC2)C1=O. The molecule has 5 nitrogen and oxygen atoms in total. The largest absolute Gasteiger partial charge is 0.465 e. The Balaban J connectivity index is 1.82. The highest BCUT2D eigenvalue weighted by molar-refractivity contribution is 5.87. The minimum atomic E-state index is -1.11. The second kappa shape index (κ2) is 5.38. The van der Waals surface area contributed by atoms with Crippen molar-refractivity contribution in [3.63, 3.8) is 0 Å². The number of nitrogens with one attached hydrogen (secondary N) is 1. The highest BCUT2D eigenvalue weighted by Gasteiger charge is 2.33. The van der Waals surface area contributed by atoms with Crippen LogP contribution in [0.4, 0.5) is 4.79 Å². The van der Waals surface area contributed by atoms with Crippen molar-refractivity contribution in [3.05, 3.63) is 0 Å². The Morgan fingerprint density at radius 1 is 1.29 bits per heavy atom. The first-order valence-corrected chi connectivity index (χ1v) is 6.45. The number of carbonyl (C=O) groups is 2. The molecule has 0 aromatic rings. The molecule has 0 unspecified atom stereocenters. The van der Waals surface area contributed by atoms with E-state index in [1.807, 2.05) is 4.90 Å². The standard InChI is InChI=1S/C12H20N2O3/c15-11-10(13-12(16)17)6-7-14(11)8-9-4-2-1-3-5-9/h9-10,13H,1-8H2,(H,16,17)/t10-/m1/s1. The molecule has 0 bridgehead atoms. The molecule has 2 fully saturated rings. The lowest BCUT2D eigenvalue weighted by Crippen LogP contribution is -2.42. The van der Waals surface area contributed by atoms with E-state index in [9.17, 15) is 9.59 Å². The third-order valence-corrected chi connectivity index (χ3v) is 3.80. The fourth-order valence-corrected chi connectivity index (χ4v) is 2.88. The summed E-state index contributed by atoms with van der Waals surface area (Å²) in [5.74, 6) is 0.578. The van der Waals surface area contributed by atoms with Crippen molar-refractivity contribution in [1.82, 2.24) is 10.2 Å². The molecule has 0 aromatic carbocycles. The normalized spacial score (nSPS) is 26.2. The molecule has 96 valence electrons. The van der Waals surface area contributed by atoms with Crippen LogP contribution in [0.3, 0.4) is 0 Å². The van der Waals surface area contributed by atoms with Gasteiger partial charge in [-0.15, -0.1) is 0 Å². The Morgan fingerprint density at radius 2 is 2.00 bits per heavy atom. The summed E-state index contributed by atoms with van der Waals surface area (Å²) < 4.78 is 0. The lowest BCUT2D eigenvalue weighted by atomic mass is 9.89. The average molecular weight is 240 g/mol. The maximum absolute atomic E-state index is 11.9. The van der Waals surface area contributed by atoms with Crippen LogP contribution in [0.1, 0.15) is 38.5 Å². The van der Waals surface area contributed by atoms with Gasteiger partial charge < -0.3 is 15.3 Å². The Kier molecular flexibility index (Phi) is 3.86. The second-order valence-electron chi connectivity index (χ2n) is 5.08. The molecule has 1 atom stereocenters. The molecule has 1 saturated heterocycles. The summed E-state index contributed by atoms with van der Waals surface area (Å²) in [5, 5.41) is 10.9. The van der Waals surface area contributed by atoms with E-state index in [0.717, 1.165) is 6.54 Å². The van der Waals surface area contributed by atoms with E-state index in [4.69, 9.17) is 5.11 Å². The van der Waals surface area contributed by atoms with E-state index in [1.54, 1.807) is 0 Å². The molecule has 5 heteroatoms. The first kappa shape index (κ1) is 12.2. The van der Waals surface area contributed by atoms with Gasteiger partial charge in [0, 0.05) is 13.1 Å². The molecule has 1 heterocycles. The molecule has 17 heavy (non-hydrogen) atoms. The van der Waals surface area contributed by atoms with Crippen LogP contribution in [-0.4, -0.2) is 41.1 Å². The highest BCUT2D eigenvalue weighted by atomic mass is 16.4. The fourth-order valence-electron chi connectivity index (χ4n) is 2.88. The van der Waals surface area contributed by atoms with Gasteiger partial charge >= 0.3 is 6.09 Å². The van der Waals surface area contributed by atoms with Gasteiger partial charge in [-0.3, -0.25) is 4.79 Å². The molecule has 1 aliphatic carbocycles. The Labute approximate surface area is 101 Å². The second-order valence-corrected chi connectivity index (χ2v) is 5.08. The molecule has 0 spiro atoms. The highest BCUT2D eigenvalue weighted by Crippen LogP contribution is 2.25. The summed E-state index contributed by atoms with van der Waals surface area (Å²) in [6.45, 7) is 1.51. The monoisotopic (exact) mass is 240 g/mol. The van der Waals surface area contributed by atoms with Gasteiger partial charge in [0.2, 0.25) is 5.91 Å². The van der Waals surface area contributed by atoms with Crippen molar-refractivity contribution in [2.45, 2.75) is 44.6 Å². The van der Waals surface area contributed by atoms with Gasteiger partial charge in [0.15, 0.2) is 0 Å². The number of carboxylic acid groups (broad SMARTS) is 1. The predicted octanol–water partition coefficient (Wildman–Crippen LogP) is 1.44. The van der Waals surface area contributed by atoms with E-state index >= 15 is 0 Å². The van der Waals surface area contributed by atoms with Crippen LogP contribution in [0.25, 0.3) is 0 Å². The third-order valence-electron chi connectivity index (χ3n) is 3.80. The lowest BCUT2D eigenvalue weighted by molar-refractivity contribution is -0.130. The van der Waals surface area contributed by atoms with E-state index < -0.39 is 12.1 Å². The van der Waals surface area contributed by atoms with Crippen LogP contribution >= 0.6 is 0 Å². The summed E-state index contributed by atoms with van der Waals surface area (Å²) in [7, 11) is 0. The van der Waals surface area contributed by atoms with Crippen LogP contribution in [0, 0.1) is 5.92 Å². The number of likely N-dealkylation sites (tertiary alicyclic amines) is 1. The summed E-state index contributed by atoms with van der Waals surface area (Å²) in [6, 6.07) is -0.518. The van der Waals surface area contributed by atoms with Gasteiger partial charge in [0.25, 0.3) is 0 Å². The van der Waals surface area contributed by atoms with Crippen LogP contribution in [-0.2, 0) is 4.79 Å². The van der Waals surface area contributed by atoms with Crippen molar-refractivity contribution in [1.29, 1.82) is 0 Å². The topological polar surface area (TPSA) is 69.6 Å². The van der Waals surface area contributed by atoms with Crippen LogP contribution in [0.15, 0.2) is 0 Å². The fraction of sp³-hybridized carbons (Fsp3) is 0.833. The first-order valence-electron chi connectivity index (χ1n) is 6.45. The molecular weight excluding hydrogens is 220 g/mol. The smallest absolute Gasteiger partial charge is 0.405 e. The van der Waals surface area contributed by atoms with Crippen LogP contribution < -0.4 is 5.32 Å². The summed E-state index contributed by atoms with van der Waals surface area (Å²) >= 11 is 0. The minimum absolute atomic E-state index is 0.0435. The molecular formula is C12H20N2O3. The van der Waals surface area contributed by atoms with Gasteiger partial charge in [-0.05, 0) is 25.2 Å². The van der Waals surface area contributed by atoms with Crippen molar-refractivity contribution in [2.24, 2.45) is 5.92 Å². The number of amides is 2. The molecule has 2 aliphatic rings. The molecule has 1 saturated carbocycles. The lowest BCUT2D eigenvalue weighted by Gasteiger charge is -2.26. The Bertz CT molecular complexity index is 300. The zero-order chi connectivity index (χ0) is 12.3. The van der Waals surface area contributed by atoms with E-state index in [2.05, 4.69) is 5.32 Å². The van der Waals surface area contributed by atoms with E-state index in [0.29, 0.717) is 18.9 Å². The van der Waals surface area contributed by atoms with E-state index in [-0.39, 0.29) is 5.91 Å². The van der Waals surface area contributed by atoms with Crippen LogP contribution in [0.5, 0.6) is 0 Å². The van der Waals surface area contributed by atoms with Gasteiger partial charge in [-0.25, -0.2) is 4.79 Å². The van der Waals surface area contributed by atoms with Crippen molar-refractivity contribution in [2.75, 3.05) is 13.1 Å². The quantitative estimate of drug-likeness (QED) is 0.784. The number of hydrogen-bond donors (Lipinski definition) is 2. The maximum atomic E-state index is 11.9. The number of hydrogen-bond acceptors (Lipinski definition) is 2. The minimum Gasteiger partial charge on any atom is -0.465 e. The summed E-state index contributed by atoms with van der Waals surface area (Å²) in [6.07, 6.45) is 5.77. The molecule has 2 N–H and O–H groups in total. The van der Waals surface area contributed by atoms with Gasteiger partial charge in [0.1, 0.15) is 6.04 Å². The van der Waals surface area contributed by atoms with Gasteiger partial charge in [0.05, 0.1) is 0 Å². The van der Waals surface area contributed by atoms with Gasteiger partial charge in [-0.2, -0.15) is 0 Å². The number of carbonyl (C=O) groups excluding carboxylic acids is 1. The predicted molar refractivity (Wildman–Crippen MR) is 62.7 cm³/mol. The van der Waals surface area contributed by atoms with Crippen molar-refractivity contribution in [3.8, 4) is 0 Å². The van der Waals surface area contributed by atoms with Crippen LogP contribution in [0.2, 0.25) is 0 Å². The Hall–Kier alpha value is -1.26. The molecule has 1 aliphatic heterocycles. The zero-order valence-corrected chi connectivity index (χ0v) is 10.0. The first-order chi connectivity index (χ1) is 8.16. The van der Waals surface area contributed by atoms with E-state index in [1.165, 1.54) is 32.1 Å². The summed E-state index contributed by atoms with van der Waals surface area (Å²) in [4.78, 5) is 24.3. The third kappa shape index (κ3) is 3.11. The molecule has 0 radical (unpaired) electrons.